The van der Waals surface area contributed by atoms with Crippen LogP contribution in [0.2, 0.25) is 0 Å². The van der Waals surface area contributed by atoms with E-state index in [1.807, 2.05) is 30.3 Å². The first-order valence-corrected chi connectivity index (χ1v) is 7.42. The van der Waals surface area contributed by atoms with Crippen LogP contribution in [0.15, 0.2) is 42.5 Å². The largest absolute Gasteiger partial charge is 0.492 e. The van der Waals surface area contributed by atoms with Gasteiger partial charge in [0.15, 0.2) is 5.78 Å². The Morgan fingerprint density at radius 1 is 1.05 bits per heavy atom. The third-order valence-electron chi connectivity index (χ3n) is 4.38. The highest BCUT2D eigenvalue weighted by Gasteiger charge is 2.28. The number of Topliss-reactive ketones (excluding diaryl/α,β-unsaturated/α-hetero) is 1. The van der Waals surface area contributed by atoms with Crippen LogP contribution in [0.3, 0.4) is 0 Å². The summed E-state index contributed by atoms with van der Waals surface area (Å²) in [6.07, 6.45) is 1.65. The van der Waals surface area contributed by atoms with Crippen molar-refractivity contribution < 1.29 is 9.53 Å². The molecule has 0 saturated carbocycles. The van der Waals surface area contributed by atoms with Crippen LogP contribution in [0.4, 0.5) is 0 Å². The Kier molecular flexibility index (Phi) is 3.00. The van der Waals surface area contributed by atoms with Crippen molar-refractivity contribution in [2.45, 2.75) is 25.4 Å². The lowest BCUT2D eigenvalue weighted by Crippen LogP contribution is -2.41. The third-order valence-corrected chi connectivity index (χ3v) is 4.38. The van der Waals surface area contributed by atoms with Gasteiger partial charge in [-0.25, -0.2) is 0 Å². The number of fused-ring (bicyclic) bond motifs is 2. The van der Waals surface area contributed by atoms with Crippen LogP contribution in [0.1, 0.15) is 27.0 Å². The first kappa shape index (κ1) is 12.6. The van der Waals surface area contributed by atoms with E-state index in [4.69, 9.17) is 4.74 Å². The smallest absolute Gasteiger partial charge is 0.183 e. The molecule has 21 heavy (non-hydrogen) atoms. The molecule has 3 nitrogen and oxygen atoms in total. The molecular formula is C18H17NO2. The summed E-state index contributed by atoms with van der Waals surface area (Å²) in [5, 5.41) is 3.36. The Hall–Kier alpha value is -2.13. The highest BCUT2D eigenvalue weighted by atomic mass is 16.5. The van der Waals surface area contributed by atoms with Crippen molar-refractivity contribution in [2.24, 2.45) is 0 Å². The maximum Gasteiger partial charge on any atom is 0.183 e. The van der Waals surface area contributed by atoms with E-state index < -0.39 is 0 Å². The standard InChI is InChI=1S/C18H17NO2/c20-17(15-7-3-6-12-8-9-21-18(12)15)16-10-13-4-1-2-5-14(13)11-19-16/h1-7,16,19H,8-11H2. The molecule has 0 bridgehead atoms. The maximum atomic E-state index is 12.8. The van der Waals surface area contributed by atoms with Gasteiger partial charge in [-0.05, 0) is 29.2 Å². The fraction of sp³-hybridized carbons (Fsp3) is 0.278. The number of nitrogens with one attached hydrogen (secondary N) is 1. The predicted octanol–water partition coefficient (Wildman–Crippen LogP) is 2.52. The van der Waals surface area contributed by atoms with Crippen molar-refractivity contribution in [1.82, 2.24) is 5.32 Å². The number of rotatable bonds is 2. The summed E-state index contributed by atoms with van der Waals surface area (Å²) in [5.74, 6) is 0.936. The van der Waals surface area contributed by atoms with E-state index in [2.05, 4.69) is 17.4 Å². The van der Waals surface area contributed by atoms with Crippen LogP contribution >= 0.6 is 0 Å². The van der Waals surface area contributed by atoms with E-state index in [0.29, 0.717) is 6.61 Å². The quantitative estimate of drug-likeness (QED) is 0.858. The Labute approximate surface area is 123 Å². The highest BCUT2D eigenvalue weighted by molar-refractivity contribution is 6.03. The summed E-state index contributed by atoms with van der Waals surface area (Å²) in [6, 6.07) is 14.0. The van der Waals surface area contributed by atoms with Crippen LogP contribution in [-0.2, 0) is 19.4 Å². The monoisotopic (exact) mass is 279 g/mol. The number of carbonyl (C=O) groups is 1. The molecule has 0 aliphatic carbocycles. The zero-order chi connectivity index (χ0) is 14.2. The Morgan fingerprint density at radius 3 is 2.76 bits per heavy atom. The molecule has 0 fully saturated rings. The molecule has 0 aromatic heterocycles. The van der Waals surface area contributed by atoms with Crippen LogP contribution < -0.4 is 10.1 Å². The molecule has 2 aliphatic rings. The van der Waals surface area contributed by atoms with Gasteiger partial charge in [0, 0.05) is 13.0 Å². The van der Waals surface area contributed by atoms with E-state index in [1.165, 1.54) is 11.1 Å². The summed E-state index contributed by atoms with van der Waals surface area (Å²) >= 11 is 0. The van der Waals surface area contributed by atoms with Gasteiger partial charge in [-0.2, -0.15) is 0 Å². The normalized spacial score (nSPS) is 19.5. The van der Waals surface area contributed by atoms with Crippen LogP contribution in [0, 0.1) is 0 Å². The van der Waals surface area contributed by atoms with Crippen molar-refractivity contribution in [2.75, 3.05) is 6.61 Å². The van der Waals surface area contributed by atoms with Crippen molar-refractivity contribution in [3.8, 4) is 5.75 Å². The van der Waals surface area contributed by atoms with Crippen molar-refractivity contribution in [3.05, 3.63) is 64.7 Å². The van der Waals surface area contributed by atoms with Gasteiger partial charge in [0.25, 0.3) is 0 Å². The SMILES string of the molecule is O=C(c1cccc2c1OCC2)C1Cc2ccccc2CN1. The molecule has 3 heteroatoms. The molecule has 1 atom stereocenters. The van der Waals surface area contributed by atoms with Gasteiger partial charge in [0.2, 0.25) is 0 Å². The molecule has 1 unspecified atom stereocenters. The van der Waals surface area contributed by atoms with Gasteiger partial charge in [-0.1, -0.05) is 36.4 Å². The molecule has 4 rings (SSSR count). The molecule has 1 N–H and O–H groups in total. The average Bonchev–Trinajstić information content (AvgIpc) is 3.02. The first-order valence-electron chi connectivity index (χ1n) is 7.42. The number of hydrogen-bond acceptors (Lipinski definition) is 3. The Bertz CT molecular complexity index is 708. The summed E-state index contributed by atoms with van der Waals surface area (Å²) in [5.41, 5.74) is 4.43. The summed E-state index contributed by atoms with van der Waals surface area (Å²) in [4.78, 5) is 12.8. The lowest BCUT2D eigenvalue weighted by molar-refractivity contribution is 0.0935. The van der Waals surface area contributed by atoms with Crippen molar-refractivity contribution in [1.29, 1.82) is 0 Å². The summed E-state index contributed by atoms with van der Waals surface area (Å²) in [6.45, 7) is 1.43. The molecule has 2 aromatic rings. The summed E-state index contributed by atoms with van der Waals surface area (Å²) < 4.78 is 5.66. The minimum Gasteiger partial charge on any atom is -0.492 e. The maximum absolute atomic E-state index is 12.8. The van der Waals surface area contributed by atoms with E-state index in [9.17, 15) is 4.79 Å². The number of ketones is 1. The molecule has 106 valence electrons. The number of benzene rings is 2. The molecule has 0 radical (unpaired) electrons. The minimum atomic E-state index is -0.157. The van der Waals surface area contributed by atoms with Gasteiger partial charge in [-0.3, -0.25) is 4.79 Å². The first-order chi connectivity index (χ1) is 10.3. The Morgan fingerprint density at radius 2 is 1.86 bits per heavy atom. The van der Waals surface area contributed by atoms with E-state index in [1.54, 1.807) is 0 Å². The fourth-order valence-electron chi connectivity index (χ4n) is 3.24. The molecule has 2 aromatic carbocycles. The molecular weight excluding hydrogens is 262 g/mol. The molecule has 0 spiro atoms. The Balaban J connectivity index is 1.64. The van der Waals surface area contributed by atoms with Crippen LogP contribution in [0.5, 0.6) is 5.75 Å². The van der Waals surface area contributed by atoms with Gasteiger partial charge in [0.1, 0.15) is 5.75 Å². The summed E-state index contributed by atoms with van der Waals surface area (Å²) in [7, 11) is 0. The lowest BCUT2D eigenvalue weighted by atomic mass is 9.90. The zero-order valence-corrected chi connectivity index (χ0v) is 11.8. The van der Waals surface area contributed by atoms with E-state index in [-0.39, 0.29) is 11.8 Å². The second-order valence-corrected chi connectivity index (χ2v) is 5.66. The van der Waals surface area contributed by atoms with E-state index >= 15 is 0 Å². The number of hydrogen-bond donors (Lipinski definition) is 1. The average molecular weight is 279 g/mol. The predicted molar refractivity (Wildman–Crippen MR) is 80.7 cm³/mol. The lowest BCUT2D eigenvalue weighted by Gasteiger charge is -2.25. The van der Waals surface area contributed by atoms with Gasteiger partial charge in [0.05, 0.1) is 18.2 Å². The molecule has 0 saturated heterocycles. The van der Waals surface area contributed by atoms with Gasteiger partial charge >= 0.3 is 0 Å². The van der Waals surface area contributed by atoms with Crippen LogP contribution in [-0.4, -0.2) is 18.4 Å². The van der Waals surface area contributed by atoms with E-state index in [0.717, 1.165) is 36.3 Å². The number of carbonyl (C=O) groups excluding carboxylic acids is 1. The molecule has 0 amide bonds. The molecule has 2 aliphatic heterocycles. The van der Waals surface area contributed by atoms with Crippen molar-refractivity contribution in [3.63, 3.8) is 0 Å². The second-order valence-electron chi connectivity index (χ2n) is 5.66. The zero-order valence-electron chi connectivity index (χ0n) is 11.8. The number of ether oxygens (including phenoxy) is 1. The fourth-order valence-corrected chi connectivity index (χ4v) is 3.24. The van der Waals surface area contributed by atoms with Gasteiger partial charge < -0.3 is 10.1 Å². The van der Waals surface area contributed by atoms with Crippen molar-refractivity contribution >= 4 is 5.78 Å². The highest BCUT2D eigenvalue weighted by Crippen LogP contribution is 2.31. The third kappa shape index (κ3) is 2.14. The molecule has 2 heterocycles. The van der Waals surface area contributed by atoms with Gasteiger partial charge in [-0.15, -0.1) is 0 Å². The topological polar surface area (TPSA) is 38.3 Å². The second kappa shape index (κ2) is 5.01. The minimum absolute atomic E-state index is 0.142. The number of para-hydroxylation sites is 1. The van der Waals surface area contributed by atoms with Crippen LogP contribution in [0.25, 0.3) is 0 Å².